The van der Waals surface area contributed by atoms with Gasteiger partial charge >= 0.3 is 0 Å². The topological polar surface area (TPSA) is 115 Å². The maximum absolute atomic E-state index is 11.8. The van der Waals surface area contributed by atoms with Gasteiger partial charge in [-0.25, -0.2) is 0 Å². The number of ether oxygens (including phenoxy) is 1. The summed E-state index contributed by atoms with van der Waals surface area (Å²) in [7, 11) is 0. The van der Waals surface area contributed by atoms with Crippen molar-refractivity contribution in [1.29, 1.82) is 0 Å². The summed E-state index contributed by atoms with van der Waals surface area (Å²) in [4.78, 5) is 25.4. The Balaban J connectivity index is 1.71. The van der Waals surface area contributed by atoms with E-state index in [2.05, 4.69) is 45.8 Å². The van der Waals surface area contributed by atoms with E-state index in [1.807, 2.05) is 12.1 Å². The summed E-state index contributed by atoms with van der Waals surface area (Å²) < 4.78 is 8.01. The monoisotopic (exact) mass is 412 g/mol. The Morgan fingerprint density at radius 1 is 1.30 bits per heavy atom. The van der Waals surface area contributed by atoms with Crippen LogP contribution in [-0.2, 0) is 16.1 Å². The summed E-state index contributed by atoms with van der Waals surface area (Å²) in [6.07, 6.45) is 1.18. The average molecular weight is 412 g/mol. The molecule has 1 aromatic heterocycles. The Morgan fingerprint density at radius 3 is 2.67 bits per heavy atom. The molecule has 2 amide bonds. The van der Waals surface area contributed by atoms with Gasteiger partial charge in [-0.15, -0.1) is 10.2 Å². The van der Waals surface area contributed by atoms with Crippen LogP contribution in [0.5, 0.6) is 0 Å². The number of anilines is 1. The van der Waals surface area contributed by atoms with E-state index in [1.54, 1.807) is 12.1 Å². The lowest BCUT2D eigenvalue weighted by Crippen LogP contribution is -2.56. The highest BCUT2D eigenvalue weighted by molar-refractivity contribution is 5.92. The van der Waals surface area contributed by atoms with E-state index in [1.165, 1.54) is 0 Å². The largest absolute Gasteiger partial charge is 0.372 e. The molecule has 2 unspecified atom stereocenters. The predicted octanol–water partition coefficient (Wildman–Crippen LogP) is 1.38. The Bertz CT molecular complexity index is 952. The van der Waals surface area contributed by atoms with Crippen molar-refractivity contribution in [3.63, 3.8) is 0 Å². The first-order valence-electron chi connectivity index (χ1n) is 10.3. The van der Waals surface area contributed by atoms with E-state index in [4.69, 9.17) is 10.5 Å². The first-order valence-corrected chi connectivity index (χ1v) is 10.3. The second-order valence-corrected chi connectivity index (χ2v) is 8.49. The number of amides is 2. The molecule has 2 aromatic rings. The van der Waals surface area contributed by atoms with Crippen molar-refractivity contribution in [2.75, 3.05) is 18.1 Å². The lowest BCUT2D eigenvalue weighted by molar-refractivity contribution is -0.119. The lowest BCUT2D eigenvalue weighted by atomic mass is 9.97. The minimum absolute atomic E-state index is 0.0304. The van der Waals surface area contributed by atoms with Crippen molar-refractivity contribution in [3.05, 3.63) is 41.2 Å². The maximum Gasteiger partial charge on any atom is 0.248 e. The standard InChI is InChI=1S/C21H28N6O3/c1-13-21(2,3)30-11-10-26(13)20-25-24-19(16-8-9-17(28)23-16)27(20)12-14-4-6-15(7-5-14)18(22)29/h4-7,13,16H,8-12H2,1-3H3,(H2,22,29)(H,23,28). The highest BCUT2D eigenvalue weighted by Gasteiger charge is 2.38. The van der Waals surface area contributed by atoms with Crippen molar-refractivity contribution < 1.29 is 14.3 Å². The van der Waals surface area contributed by atoms with Gasteiger partial charge in [-0.3, -0.25) is 14.2 Å². The molecule has 3 N–H and O–H groups in total. The van der Waals surface area contributed by atoms with Crippen LogP contribution in [0.3, 0.4) is 0 Å². The summed E-state index contributed by atoms with van der Waals surface area (Å²) in [5.74, 6) is 1.08. The molecule has 160 valence electrons. The Hall–Kier alpha value is -2.94. The number of aromatic nitrogens is 3. The molecule has 2 fully saturated rings. The van der Waals surface area contributed by atoms with Crippen LogP contribution in [-0.4, -0.2) is 51.4 Å². The number of nitrogens with one attached hydrogen (secondary N) is 1. The van der Waals surface area contributed by atoms with Crippen LogP contribution >= 0.6 is 0 Å². The molecule has 0 radical (unpaired) electrons. The van der Waals surface area contributed by atoms with Crippen LogP contribution in [0.2, 0.25) is 0 Å². The van der Waals surface area contributed by atoms with Crippen molar-refractivity contribution in [1.82, 2.24) is 20.1 Å². The SMILES string of the molecule is CC1N(c2nnc(C3CCC(=O)N3)n2Cc2ccc(C(N)=O)cc2)CCOC1(C)C. The molecule has 3 heterocycles. The minimum atomic E-state index is -0.453. The normalized spacial score (nSPS) is 23.4. The Morgan fingerprint density at radius 2 is 2.03 bits per heavy atom. The Kier molecular flexibility index (Phi) is 5.23. The number of nitrogens with zero attached hydrogens (tertiary/aromatic N) is 4. The minimum Gasteiger partial charge on any atom is -0.372 e. The molecule has 30 heavy (non-hydrogen) atoms. The quantitative estimate of drug-likeness (QED) is 0.767. The number of carbonyl (C=O) groups excluding carboxylic acids is 2. The fraction of sp³-hybridized carbons (Fsp3) is 0.524. The third kappa shape index (κ3) is 3.77. The van der Waals surface area contributed by atoms with E-state index in [9.17, 15) is 9.59 Å². The number of nitrogens with two attached hydrogens (primary N) is 1. The molecule has 2 aliphatic heterocycles. The smallest absolute Gasteiger partial charge is 0.248 e. The number of hydrogen-bond acceptors (Lipinski definition) is 6. The van der Waals surface area contributed by atoms with Crippen LogP contribution in [0.4, 0.5) is 5.95 Å². The average Bonchev–Trinajstić information content (AvgIpc) is 3.30. The Labute approximate surface area is 175 Å². The predicted molar refractivity (Wildman–Crippen MR) is 111 cm³/mol. The zero-order valence-electron chi connectivity index (χ0n) is 17.6. The molecule has 9 nitrogen and oxygen atoms in total. The number of morpholine rings is 1. The second-order valence-electron chi connectivity index (χ2n) is 8.49. The molecule has 2 atom stereocenters. The molecule has 0 saturated carbocycles. The highest BCUT2D eigenvalue weighted by Crippen LogP contribution is 2.31. The lowest BCUT2D eigenvalue weighted by Gasteiger charge is -2.44. The van der Waals surface area contributed by atoms with Gasteiger partial charge in [0.15, 0.2) is 5.82 Å². The second kappa shape index (κ2) is 7.71. The van der Waals surface area contributed by atoms with Gasteiger partial charge in [-0.05, 0) is 44.9 Å². The van der Waals surface area contributed by atoms with Gasteiger partial charge in [0.2, 0.25) is 17.8 Å². The van der Waals surface area contributed by atoms with Gasteiger partial charge in [0.1, 0.15) is 0 Å². The van der Waals surface area contributed by atoms with Gasteiger partial charge in [0.05, 0.1) is 30.8 Å². The van der Waals surface area contributed by atoms with E-state index < -0.39 is 5.91 Å². The number of primary amides is 1. The van der Waals surface area contributed by atoms with E-state index in [0.29, 0.717) is 38.1 Å². The fourth-order valence-electron chi connectivity index (χ4n) is 4.06. The third-order valence-corrected chi connectivity index (χ3v) is 6.18. The molecule has 2 aliphatic rings. The van der Waals surface area contributed by atoms with Gasteiger partial charge in [0.25, 0.3) is 0 Å². The molecule has 1 aromatic carbocycles. The highest BCUT2D eigenvalue weighted by atomic mass is 16.5. The van der Waals surface area contributed by atoms with E-state index in [-0.39, 0.29) is 23.6 Å². The molecule has 0 aliphatic carbocycles. The van der Waals surface area contributed by atoms with Gasteiger partial charge in [-0.1, -0.05) is 12.1 Å². The number of rotatable bonds is 5. The molecular weight excluding hydrogens is 384 g/mol. The first-order chi connectivity index (χ1) is 14.3. The maximum atomic E-state index is 11.8. The zero-order chi connectivity index (χ0) is 21.5. The molecule has 0 bridgehead atoms. The van der Waals surface area contributed by atoms with Crippen LogP contribution in [0.15, 0.2) is 24.3 Å². The van der Waals surface area contributed by atoms with Crippen molar-refractivity contribution >= 4 is 17.8 Å². The van der Waals surface area contributed by atoms with Crippen LogP contribution in [0.1, 0.15) is 61.4 Å². The molecule has 0 spiro atoms. The first kappa shape index (κ1) is 20.3. The fourth-order valence-corrected chi connectivity index (χ4v) is 4.06. The molecular formula is C21H28N6O3. The van der Waals surface area contributed by atoms with Crippen molar-refractivity contribution in [2.24, 2.45) is 5.73 Å². The van der Waals surface area contributed by atoms with Crippen LogP contribution in [0, 0.1) is 0 Å². The van der Waals surface area contributed by atoms with Crippen LogP contribution in [0.25, 0.3) is 0 Å². The van der Waals surface area contributed by atoms with E-state index >= 15 is 0 Å². The number of benzene rings is 1. The summed E-state index contributed by atoms with van der Waals surface area (Å²) in [5.41, 5.74) is 6.50. The van der Waals surface area contributed by atoms with E-state index in [0.717, 1.165) is 17.3 Å². The summed E-state index contributed by atoms with van der Waals surface area (Å²) in [6, 6.07) is 7.14. The number of hydrogen-bond donors (Lipinski definition) is 2. The van der Waals surface area contributed by atoms with Crippen molar-refractivity contribution in [2.45, 2.75) is 57.8 Å². The number of carbonyl (C=O) groups is 2. The third-order valence-electron chi connectivity index (χ3n) is 6.18. The van der Waals surface area contributed by atoms with Gasteiger partial charge in [-0.2, -0.15) is 0 Å². The zero-order valence-corrected chi connectivity index (χ0v) is 17.6. The van der Waals surface area contributed by atoms with Crippen LogP contribution < -0.4 is 16.0 Å². The summed E-state index contributed by atoms with van der Waals surface area (Å²) in [6.45, 7) is 8.11. The molecule has 9 heteroatoms. The van der Waals surface area contributed by atoms with Gasteiger partial charge < -0.3 is 20.7 Å². The van der Waals surface area contributed by atoms with Crippen molar-refractivity contribution in [3.8, 4) is 0 Å². The van der Waals surface area contributed by atoms with Gasteiger partial charge in [0, 0.05) is 18.5 Å². The molecule has 4 rings (SSSR count). The summed E-state index contributed by atoms with van der Waals surface area (Å²) >= 11 is 0. The molecule has 2 saturated heterocycles. The summed E-state index contributed by atoms with van der Waals surface area (Å²) in [5, 5.41) is 12.0.